The van der Waals surface area contributed by atoms with E-state index in [1.165, 1.54) is 45.1 Å². The molecule has 1 unspecified atom stereocenters. The first-order valence-corrected chi connectivity index (χ1v) is 8.74. The van der Waals surface area contributed by atoms with E-state index in [1.807, 2.05) is 0 Å². The van der Waals surface area contributed by atoms with E-state index in [1.54, 1.807) is 0 Å². The van der Waals surface area contributed by atoms with Crippen LogP contribution in [-0.2, 0) is 0 Å². The van der Waals surface area contributed by atoms with Crippen LogP contribution < -0.4 is 5.32 Å². The van der Waals surface area contributed by atoms with Gasteiger partial charge in [0.1, 0.15) is 0 Å². The normalized spacial score (nSPS) is 31.2. The molecule has 2 fully saturated rings. The van der Waals surface area contributed by atoms with E-state index in [2.05, 4.69) is 31.0 Å². The van der Waals surface area contributed by atoms with E-state index in [-0.39, 0.29) is 12.1 Å². The van der Waals surface area contributed by atoms with Crippen molar-refractivity contribution in [3.05, 3.63) is 0 Å². The van der Waals surface area contributed by atoms with Crippen molar-refractivity contribution in [1.82, 2.24) is 10.2 Å². The first kappa shape index (κ1) is 16.3. The zero-order chi connectivity index (χ0) is 14.6. The maximum Gasteiger partial charge on any atom is 0.0613 e. The molecule has 0 aromatic rings. The molecule has 3 nitrogen and oxygen atoms in total. The van der Waals surface area contributed by atoms with Crippen molar-refractivity contribution >= 4 is 0 Å². The first-order valence-electron chi connectivity index (χ1n) is 8.74. The summed E-state index contributed by atoms with van der Waals surface area (Å²) >= 11 is 0. The van der Waals surface area contributed by atoms with Crippen molar-refractivity contribution in [2.75, 3.05) is 13.2 Å². The zero-order valence-electron chi connectivity index (χ0n) is 13.7. The molecule has 1 aliphatic carbocycles. The quantitative estimate of drug-likeness (QED) is 0.718. The van der Waals surface area contributed by atoms with E-state index in [4.69, 9.17) is 0 Å². The van der Waals surface area contributed by atoms with Gasteiger partial charge in [0.05, 0.1) is 6.61 Å². The van der Waals surface area contributed by atoms with Crippen LogP contribution in [0.25, 0.3) is 0 Å². The number of hydrogen-bond acceptors (Lipinski definition) is 3. The Morgan fingerprint density at radius 1 is 1.15 bits per heavy atom. The fourth-order valence-corrected chi connectivity index (χ4v) is 3.76. The van der Waals surface area contributed by atoms with Crippen LogP contribution in [0.15, 0.2) is 0 Å². The second-order valence-corrected chi connectivity index (χ2v) is 7.18. The summed E-state index contributed by atoms with van der Waals surface area (Å²) in [6.45, 7) is 8.42. The van der Waals surface area contributed by atoms with Gasteiger partial charge in [-0.3, -0.25) is 4.90 Å². The molecule has 118 valence electrons. The average Bonchev–Trinajstić information content (AvgIpc) is 3.25. The summed E-state index contributed by atoms with van der Waals surface area (Å²) in [5.41, 5.74) is -0.0244. The molecular formula is C17H34N2O. The molecule has 0 amide bonds. The van der Waals surface area contributed by atoms with Gasteiger partial charge >= 0.3 is 0 Å². The van der Waals surface area contributed by atoms with E-state index in [0.717, 1.165) is 24.9 Å². The minimum atomic E-state index is -0.0244. The van der Waals surface area contributed by atoms with Crippen LogP contribution in [0, 0.1) is 0 Å². The topological polar surface area (TPSA) is 35.5 Å². The van der Waals surface area contributed by atoms with Crippen LogP contribution in [0.1, 0.15) is 72.1 Å². The Hall–Kier alpha value is -0.120. The molecule has 2 rings (SSSR count). The third-order valence-electron chi connectivity index (χ3n) is 5.51. The highest BCUT2D eigenvalue weighted by molar-refractivity contribution is 4.94. The van der Waals surface area contributed by atoms with Gasteiger partial charge in [-0.2, -0.15) is 0 Å². The van der Waals surface area contributed by atoms with Gasteiger partial charge in [0.15, 0.2) is 0 Å². The fraction of sp³-hybridized carbons (Fsp3) is 1.00. The maximum absolute atomic E-state index is 9.82. The Bertz CT molecular complexity index is 277. The molecule has 2 N–H and O–H groups in total. The Morgan fingerprint density at radius 3 is 2.30 bits per heavy atom. The van der Waals surface area contributed by atoms with Crippen molar-refractivity contribution < 1.29 is 5.11 Å². The van der Waals surface area contributed by atoms with Gasteiger partial charge in [0.25, 0.3) is 0 Å². The van der Waals surface area contributed by atoms with E-state index in [9.17, 15) is 5.11 Å². The van der Waals surface area contributed by atoms with Crippen LogP contribution in [0.3, 0.4) is 0 Å². The molecule has 3 heteroatoms. The summed E-state index contributed by atoms with van der Waals surface area (Å²) < 4.78 is 0. The third kappa shape index (κ3) is 4.19. The SMILES string of the molecule is CCC(CO)(CCCN1[C@H](C)CCC[C@@H]1C)NC1CC1. The molecule has 0 bridgehead atoms. The first-order chi connectivity index (χ1) is 9.60. The van der Waals surface area contributed by atoms with Crippen LogP contribution >= 0.6 is 0 Å². The molecule has 2 aliphatic rings. The number of aliphatic hydroxyl groups is 1. The maximum atomic E-state index is 9.82. The number of hydrogen-bond donors (Lipinski definition) is 2. The monoisotopic (exact) mass is 282 g/mol. The highest BCUT2D eigenvalue weighted by Crippen LogP contribution is 2.28. The molecule has 1 saturated carbocycles. The predicted octanol–water partition coefficient (Wildman–Crippen LogP) is 2.92. The minimum absolute atomic E-state index is 0.0244. The molecule has 0 aromatic heterocycles. The highest BCUT2D eigenvalue weighted by atomic mass is 16.3. The molecule has 0 spiro atoms. The van der Waals surface area contributed by atoms with Crippen molar-refractivity contribution in [2.45, 2.75) is 95.8 Å². The number of rotatable bonds is 8. The van der Waals surface area contributed by atoms with Gasteiger partial charge in [-0.05, 0) is 65.3 Å². The zero-order valence-corrected chi connectivity index (χ0v) is 13.7. The third-order valence-corrected chi connectivity index (χ3v) is 5.51. The van der Waals surface area contributed by atoms with Gasteiger partial charge < -0.3 is 10.4 Å². The van der Waals surface area contributed by atoms with E-state index < -0.39 is 0 Å². The van der Waals surface area contributed by atoms with Crippen molar-refractivity contribution in [1.29, 1.82) is 0 Å². The van der Waals surface area contributed by atoms with E-state index >= 15 is 0 Å². The summed E-state index contributed by atoms with van der Waals surface area (Å²) in [5.74, 6) is 0. The summed E-state index contributed by atoms with van der Waals surface area (Å²) in [4.78, 5) is 2.68. The highest BCUT2D eigenvalue weighted by Gasteiger charge is 2.34. The lowest BCUT2D eigenvalue weighted by atomic mass is 9.90. The number of aliphatic hydroxyl groups excluding tert-OH is 1. The lowest BCUT2D eigenvalue weighted by Crippen LogP contribution is -2.50. The van der Waals surface area contributed by atoms with Crippen LogP contribution in [0.4, 0.5) is 0 Å². The van der Waals surface area contributed by atoms with Gasteiger partial charge in [0, 0.05) is 23.7 Å². The van der Waals surface area contributed by atoms with Crippen LogP contribution in [0.2, 0.25) is 0 Å². The smallest absolute Gasteiger partial charge is 0.0613 e. The lowest BCUT2D eigenvalue weighted by molar-refractivity contribution is 0.0889. The van der Waals surface area contributed by atoms with Gasteiger partial charge in [-0.15, -0.1) is 0 Å². The number of nitrogens with zero attached hydrogens (tertiary/aromatic N) is 1. The van der Waals surface area contributed by atoms with Crippen LogP contribution in [0.5, 0.6) is 0 Å². The van der Waals surface area contributed by atoms with Crippen LogP contribution in [-0.4, -0.2) is 46.8 Å². The second kappa shape index (κ2) is 7.24. The van der Waals surface area contributed by atoms with Crippen molar-refractivity contribution in [3.8, 4) is 0 Å². The predicted molar refractivity (Wildman–Crippen MR) is 85.0 cm³/mol. The average molecular weight is 282 g/mol. The number of likely N-dealkylation sites (tertiary alicyclic amines) is 1. The molecule has 1 aliphatic heterocycles. The standard InChI is InChI=1S/C17H34N2O/c1-4-17(13-20,18-16-9-10-16)11-6-12-19-14(2)7-5-8-15(19)3/h14-16,18,20H,4-13H2,1-3H3/t14-,15+,17?. The molecule has 1 saturated heterocycles. The molecular weight excluding hydrogens is 248 g/mol. The van der Waals surface area contributed by atoms with Gasteiger partial charge in [0.2, 0.25) is 0 Å². The summed E-state index contributed by atoms with van der Waals surface area (Å²) in [6, 6.07) is 2.15. The molecule has 0 aromatic carbocycles. The fourth-order valence-electron chi connectivity index (χ4n) is 3.76. The lowest BCUT2D eigenvalue weighted by Gasteiger charge is -2.40. The summed E-state index contributed by atoms with van der Waals surface area (Å²) in [6.07, 6.45) is 10.0. The minimum Gasteiger partial charge on any atom is -0.394 e. The summed E-state index contributed by atoms with van der Waals surface area (Å²) in [7, 11) is 0. The molecule has 1 heterocycles. The molecule has 3 atom stereocenters. The number of nitrogens with one attached hydrogen (secondary N) is 1. The Morgan fingerprint density at radius 2 is 1.80 bits per heavy atom. The molecule has 20 heavy (non-hydrogen) atoms. The van der Waals surface area contributed by atoms with E-state index in [0.29, 0.717) is 6.04 Å². The van der Waals surface area contributed by atoms with Crippen molar-refractivity contribution in [2.24, 2.45) is 0 Å². The second-order valence-electron chi connectivity index (χ2n) is 7.18. The largest absolute Gasteiger partial charge is 0.394 e. The van der Waals surface area contributed by atoms with Gasteiger partial charge in [-0.1, -0.05) is 13.3 Å². The summed E-state index contributed by atoms with van der Waals surface area (Å²) in [5, 5.41) is 13.5. The Kier molecular flexibility index (Phi) is 5.88. The number of piperidine rings is 1. The molecule has 0 radical (unpaired) electrons. The Labute approximate surface area is 125 Å². The Balaban J connectivity index is 1.79. The van der Waals surface area contributed by atoms with Gasteiger partial charge in [-0.25, -0.2) is 0 Å². The van der Waals surface area contributed by atoms with Crippen molar-refractivity contribution in [3.63, 3.8) is 0 Å².